The molecule has 0 atom stereocenters. The van der Waals surface area contributed by atoms with Gasteiger partial charge in [-0.15, -0.1) is 24.0 Å². The Morgan fingerprint density at radius 3 is 2.42 bits per heavy atom. The number of hydrogen-bond acceptors (Lipinski definition) is 2. The first-order valence-corrected chi connectivity index (χ1v) is 8.92. The summed E-state index contributed by atoms with van der Waals surface area (Å²) in [4.78, 5) is 9.64. The van der Waals surface area contributed by atoms with E-state index in [9.17, 15) is 0 Å². The maximum atomic E-state index is 4.89. The van der Waals surface area contributed by atoms with Crippen molar-refractivity contribution in [1.82, 2.24) is 15.1 Å². The number of halogens is 1. The number of guanidine groups is 1. The fourth-order valence-electron chi connectivity index (χ4n) is 2.83. The van der Waals surface area contributed by atoms with Gasteiger partial charge in [0.15, 0.2) is 5.96 Å². The molecule has 24 heavy (non-hydrogen) atoms. The molecule has 1 aromatic rings. The van der Waals surface area contributed by atoms with Gasteiger partial charge in [0.25, 0.3) is 0 Å². The van der Waals surface area contributed by atoms with E-state index in [4.69, 9.17) is 4.99 Å². The fraction of sp³-hybridized carbons (Fsp3) is 0.632. The molecule has 0 aromatic heterocycles. The minimum absolute atomic E-state index is 0. The third kappa shape index (κ3) is 6.24. The predicted molar refractivity (Wildman–Crippen MR) is 114 cm³/mol. The molecule has 136 valence electrons. The van der Waals surface area contributed by atoms with Crippen molar-refractivity contribution in [2.75, 3.05) is 26.7 Å². The Bertz CT molecular complexity index is 510. The lowest BCUT2D eigenvalue weighted by atomic mass is 10.1. The maximum Gasteiger partial charge on any atom is 0.194 e. The summed E-state index contributed by atoms with van der Waals surface area (Å²) >= 11 is 0. The molecule has 1 aliphatic heterocycles. The zero-order valence-corrected chi connectivity index (χ0v) is 17.9. The van der Waals surface area contributed by atoms with Crippen LogP contribution in [0.5, 0.6) is 0 Å². The summed E-state index contributed by atoms with van der Waals surface area (Å²) in [6.45, 7) is 11.5. The summed E-state index contributed by atoms with van der Waals surface area (Å²) in [7, 11) is 2.18. The molecule has 1 saturated heterocycles. The van der Waals surface area contributed by atoms with Gasteiger partial charge in [-0.2, -0.15) is 0 Å². The van der Waals surface area contributed by atoms with Crippen LogP contribution in [0.1, 0.15) is 44.7 Å². The molecule has 0 aliphatic carbocycles. The van der Waals surface area contributed by atoms with Crippen LogP contribution < -0.4 is 5.32 Å². The van der Waals surface area contributed by atoms with Gasteiger partial charge in [-0.05, 0) is 51.8 Å². The largest absolute Gasteiger partial charge is 0.357 e. The standard InChI is InChI=1S/C19H32N4.HI/c1-5-20-19(23-12-8-9-13-23)21-14-17-10-6-7-11-18(17)15-22(4)16(2)3;/h6-7,10-11,16H,5,8-9,12-15H2,1-4H3,(H,20,21);1H. The smallest absolute Gasteiger partial charge is 0.194 e. The molecule has 4 nitrogen and oxygen atoms in total. The molecule has 5 heteroatoms. The highest BCUT2D eigenvalue weighted by Gasteiger charge is 2.15. The van der Waals surface area contributed by atoms with Gasteiger partial charge in [0, 0.05) is 32.2 Å². The van der Waals surface area contributed by atoms with Crippen LogP contribution in [0.4, 0.5) is 0 Å². The van der Waals surface area contributed by atoms with Crippen LogP contribution in [0.25, 0.3) is 0 Å². The lowest BCUT2D eigenvalue weighted by Gasteiger charge is -2.23. The number of hydrogen-bond donors (Lipinski definition) is 1. The summed E-state index contributed by atoms with van der Waals surface area (Å²) in [6.07, 6.45) is 2.56. The number of likely N-dealkylation sites (tertiary alicyclic amines) is 1. The van der Waals surface area contributed by atoms with E-state index >= 15 is 0 Å². The number of rotatable bonds is 6. The van der Waals surface area contributed by atoms with Crippen LogP contribution >= 0.6 is 24.0 Å². The van der Waals surface area contributed by atoms with E-state index in [1.54, 1.807) is 0 Å². The average Bonchev–Trinajstić information content (AvgIpc) is 3.06. The van der Waals surface area contributed by atoms with E-state index < -0.39 is 0 Å². The third-order valence-corrected chi connectivity index (χ3v) is 4.56. The Morgan fingerprint density at radius 2 is 1.83 bits per heavy atom. The number of benzene rings is 1. The first-order chi connectivity index (χ1) is 11.1. The van der Waals surface area contributed by atoms with Crippen molar-refractivity contribution in [3.05, 3.63) is 35.4 Å². The van der Waals surface area contributed by atoms with Crippen molar-refractivity contribution in [1.29, 1.82) is 0 Å². The van der Waals surface area contributed by atoms with Crippen LogP contribution in [-0.2, 0) is 13.1 Å². The molecule has 2 rings (SSSR count). The van der Waals surface area contributed by atoms with Crippen LogP contribution in [0.2, 0.25) is 0 Å². The lowest BCUT2D eigenvalue weighted by Crippen LogP contribution is -2.39. The summed E-state index contributed by atoms with van der Waals surface area (Å²) in [5, 5.41) is 3.44. The Kier molecular flexibility index (Phi) is 9.66. The quantitative estimate of drug-likeness (QED) is 0.413. The van der Waals surface area contributed by atoms with Crippen molar-refractivity contribution in [2.24, 2.45) is 4.99 Å². The molecule has 1 aromatic carbocycles. The summed E-state index contributed by atoms with van der Waals surface area (Å²) in [5.41, 5.74) is 2.71. The van der Waals surface area contributed by atoms with Gasteiger partial charge in [-0.3, -0.25) is 4.90 Å². The molecule has 1 fully saturated rings. The molecular formula is C19H33IN4. The molecule has 1 aliphatic rings. The van der Waals surface area contributed by atoms with Crippen LogP contribution in [0, 0.1) is 0 Å². The summed E-state index contributed by atoms with van der Waals surface area (Å²) < 4.78 is 0. The molecule has 0 saturated carbocycles. The Hall–Kier alpha value is -0.820. The van der Waals surface area contributed by atoms with Crippen molar-refractivity contribution < 1.29 is 0 Å². The van der Waals surface area contributed by atoms with Crippen LogP contribution in [0.15, 0.2) is 29.3 Å². The minimum Gasteiger partial charge on any atom is -0.357 e. The number of aliphatic imine (C=N–C) groups is 1. The topological polar surface area (TPSA) is 30.9 Å². The zero-order chi connectivity index (χ0) is 16.7. The molecule has 0 unspecified atom stereocenters. The second-order valence-electron chi connectivity index (χ2n) is 6.64. The Balaban J connectivity index is 0.00000288. The first-order valence-electron chi connectivity index (χ1n) is 8.92. The second kappa shape index (κ2) is 10.9. The van der Waals surface area contributed by atoms with Gasteiger partial charge in [-0.1, -0.05) is 24.3 Å². The molecule has 0 bridgehead atoms. The van der Waals surface area contributed by atoms with E-state index in [0.29, 0.717) is 6.04 Å². The number of nitrogens with one attached hydrogen (secondary N) is 1. The van der Waals surface area contributed by atoms with Crippen molar-refractivity contribution in [3.63, 3.8) is 0 Å². The molecule has 1 N–H and O–H groups in total. The van der Waals surface area contributed by atoms with E-state index in [1.165, 1.54) is 24.0 Å². The van der Waals surface area contributed by atoms with E-state index in [-0.39, 0.29) is 24.0 Å². The van der Waals surface area contributed by atoms with Crippen molar-refractivity contribution in [3.8, 4) is 0 Å². The Morgan fingerprint density at radius 1 is 1.21 bits per heavy atom. The fourth-order valence-corrected chi connectivity index (χ4v) is 2.83. The van der Waals surface area contributed by atoms with Crippen LogP contribution in [0.3, 0.4) is 0 Å². The highest BCUT2D eigenvalue weighted by atomic mass is 127. The zero-order valence-electron chi connectivity index (χ0n) is 15.6. The van der Waals surface area contributed by atoms with E-state index in [1.807, 2.05) is 0 Å². The molecule has 0 radical (unpaired) electrons. The number of nitrogens with zero attached hydrogens (tertiary/aromatic N) is 3. The summed E-state index contributed by atoms with van der Waals surface area (Å²) in [5.74, 6) is 1.07. The van der Waals surface area contributed by atoms with Crippen molar-refractivity contribution in [2.45, 2.75) is 52.7 Å². The van der Waals surface area contributed by atoms with Gasteiger partial charge in [0.2, 0.25) is 0 Å². The third-order valence-electron chi connectivity index (χ3n) is 4.56. The molecule has 1 heterocycles. The predicted octanol–water partition coefficient (Wildman–Crippen LogP) is 3.71. The van der Waals surface area contributed by atoms with Crippen LogP contribution in [-0.4, -0.2) is 48.5 Å². The normalized spacial score (nSPS) is 15.1. The van der Waals surface area contributed by atoms with E-state index in [2.05, 4.69) is 67.2 Å². The van der Waals surface area contributed by atoms with Crippen molar-refractivity contribution >= 4 is 29.9 Å². The van der Waals surface area contributed by atoms with Gasteiger partial charge in [0.1, 0.15) is 0 Å². The lowest BCUT2D eigenvalue weighted by molar-refractivity contribution is 0.265. The highest BCUT2D eigenvalue weighted by molar-refractivity contribution is 14.0. The van der Waals surface area contributed by atoms with Gasteiger partial charge in [0.05, 0.1) is 6.54 Å². The monoisotopic (exact) mass is 444 g/mol. The molecule has 0 amide bonds. The summed E-state index contributed by atoms with van der Waals surface area (Å²) in [6, 6.07) is 9.23. The second-order valence-corrected chi connectivity index (χ2v) is 6.64. The minimum atomic E-state index is 0. The van der Waals surface area contributed by atoms with Gasteiger partial charge < -0.3 is 10.2 Å². The van der Waals surface area contributed by atoms with E-state index in [0.717, 1.165) is 38.7 Å². The highest BCUT2D eigenvalue weighted by Crippen LogP contribution is 2.14. The molecular weight excluding hydrogens is 411 g/mol. The SMILES string of the molecule is CCNC(=NCc1ccccc1CN(C)C(C)C)N1CCCC1.I. The molecule has 0 spiro atoms. The maximum absolute atomic E-state index is 4.89. The van der Waals surface area contributed by atoms with Gasteiger partial charge >= 0.3 is 0 Å². The first kappa shape index (κ1) is 21.2. The Labute approximate surface area is 164 Å². The van der Waals surface area contributed by atoms with Gasteiger partial charge in [-0.25, -0.2) is 4.99 Å². The average molecular weight is 444 g/mol.